The van der Waals surface area contributed by atoms with Gasteiger partial charge >= 0.3 is 6.01 Å². The number of hydrogen-bond acceptors (Lipinski definition) is 8. The van der Waals surface area contributed by atoms with Crippen LogP contribution in [-0.2, 0) is 14.8 Å². The minimum atomic E-state index is -3.64. The van der Waals surface area contributed by atoms with Crippen molar-refractivity contribution in [2.24, 2.45) is 5.92 Å². The van der Waals surface area contributed by atoms with Gasteiger partial charge < -0.3 is 13.9 Å². The lowest BCUT2D eigenvalue weighted by Gasteiger charge is -2.30. The first-order valence-electron chi connectivity index (χ1n) is 10.3. The second-order valence-electron chi connectivity index (χ2n) is 7.46. The lowest BCUT2D eigenvalue weighted by atomic mass is 9.97. The van der Waals surface area contributed by atoms with Gasteiger partial charge in [-0.3, -0.25) is 10.1 Å². The maximum atomic E-state index is 12.9. The zero-order chi connectivity index (χ0) is 23.4. The number of piperidine rings is 1. The number of amides is 1. The number of anilines is 1. The van der Waals surface area contributed by atoms with Gasteiger partial charge in [0.2, 0.25) is 15.9 Å². The SMILES string of the molecule is COc1ccc(S(=O)(=O)N2CCC(C(=O)Nc3nnc(-c4ccccc4OC)o3)CC2)cc1. The summed E-state index contributed by atoms with van der Waals surface area (Å²) in [5.41, 5.74) is 0.616. The number of methoxy groups -OCH3 is 2. The van der Waals surface area contributed by atoms with Crippen LogP contribution in [0, 0.1) is 5.92 Å². The van der Waals surface area contributed by atoms with E-state index in [-0.39, 0.29) is 41.7 Å². The van der Waals surface area contributed by atoms with Gasteiger partial charge in [-0.1, -0.05) is 17.2 Å². The third kappa shape index (κ3) is 4.83. The van der Waals surface area contributed by atoms with Crippen LogP contribution >= 0.6 is 0 Å². The van der Waals surface area contributed by atoms with Crippen LogP contribution in [0.4, 0.5) is 6.01 Å². The molecule has 11 heteroatoms. The van der Waals surface area contributed by atoms with Gasteiger partial charge in [-0.15, -0.1) is 5.10 Å². The van der Waals surface area contributed by atoms with Crippen molar-refractivity contribution in [3.8, 4) is 23.0 Å². The van der Waals surface area contributed by atoms with Crippen molar-refractivity contribution in [1.82, 2.24) is 14.5 Å². The highest BCUT2D eigenvalue weighted by atomic mass is 32.2. The molecular formula is C22H24N4O6S. The molecule has 0 saturated carbocycles. The van der Waals surface area contributed by atoms with Crippen molar-refractivity contribution in [3.63, 3.8) is 0 Å². The summed E-state index contributed by atoms with van der Waals surface area (Å²) < 4.78 is 43.1. The van der Waals surface area contributed by atoms with Crippen LogP contribution in [0.15, 0.2) is 57.8 Å². The Morgan fingerprint density at radius 1 is 1.03 bits per heavy atom. The first-order valence-corrected chi connectivity index (χ1v) is 11.8. The summed E-state index contributed by atoms with van der Waals surface area (Å²) in [5.74, 6) is 0.729. The molecule has 1 fully saturated rings. The van der Waals surface area contributed by atoms with Gasteiger partial charge in [0.15, 0.2) is 0 Å². The number of hydrogen-bond donors (Lipinski definition) is 1. The molecule has 0 bridgehead atoms. The van der Waals surface area contributed by atoms with Gasteiger partial charge in [0.1, 0.15) is 11.5 Å². The Morgan fingerprint density at radius 2 is 1.73 bits per heavy atom. The van der Waals surface area contributed by atoms with Gasteiger partial charge in [-0.25, -0.2) is 8.42 Å². The molecule has 10 nitrogen and oxygen atoms in total. The van der Waals surface area contributed by atoms with E-state index in [9.17, 15) is 13.2 Å². The molecule has 0 atom stereocenters. The molecule has 1 aliphatic heterocycles. The standard InChI is InChI=1S/C22H24N4O6S/c1-30-16-7-9-17(10-8-16)33(28,29)26-13-11-15(12-14-26)20(27)23-22-25-24-21(32-22)18-5-3-4-6-19(18)31-2/h3-10,15H,11-14H2,1-2H3,(H,23,25,27). The molecule has 0 spiro atoms. The summed E-state index contributed by atoms with van der Waals surface area (Å²) in [5, 5.41) is 10.5. The fraction of sp³-hybridized carbons (Fsp3) is 0.318. The number of rotatable bonds is 7. The third-order valence-electron chi connectivity index (χ3n) is 5.51. The highest BCUT2D eigenvalue weighted by molar-refractivity contribution is 7.89. The topological polar surface area (TPSA) is 124 Å². The van der Waals surface area contributed by atoms with Crippen LogP contribution < -0.4 is 14.8 Å². The lowest BCUT2D eigenvalue weighted by molar-refractivity contribution is -0.121. The molecule has 3 aromatic rings. The molecule has 174 valence electrons. The third-order valence-corrected chi connectivity index (χ3v) is 7.43. The molecule has 0 aliphatic carbocycles. The average Bonchev–Trinajstić information content (AvgIpc) is 3.32. The molecule has 2 heterocycles. The molecule has 0 unspecified atom stereocenters. The second kappa shape index (κ2) is 9.59. The predicted molar refractivity (Wildman–Crippen MR) is 119 cm³/mol. The fourth-order valence-corrected chi connectivity index (χ4v) is 5.14. The Bertz CT molecular complexity index is 1220. The van der Waals surface area contributed by atoms with E-state index in [0.29, 0.717) is 29.9 Å². The number of benzene rings is 2. The van der Waals surface area contributed by atoms with Crippen LogP contribution in [0.1, 0.15) is 12.8 Å². The van der Waals surface area contributed by atoms with E-state index in [1.165, 1.54) is 23.5 Å². The minimum Gasteiger partial charge on any atom is -0.497 e. The minimum absolute atomic E-state index is 0.0193. The van der Waals surface area contributed by atoms with E-state index in [1.807, 2.05) is 12.1 Å². The number of nitrogens with one attached hydrogen (secondary N) is 1. The van der Waals surface area contributed by atoms with E-state index in [1.54, 1.807) is 31.4 Å². The second-order valence-corrected chi connectivity index (χ2v) is 9.39. The molecule has 33 heavy (non-hydrogen) atoms. The van der Waals surface area contributed by atoms with E-state index >= 15 is 0 Å². The van der Waals surface area contributed by atoms with Crippen molar-refractivity contribution < 1.29 is 27.1 Å². The highest BCUT2D eigenvalue weighted by Crippen LogP contribution is 2.30. The fourth-order valence-electron chi connectivity index (χ4n) is 3.67. The Kier molecular flexibility index (Phi) is 6.61. The van der Waals surface area contributed by atoms with E-state index in [4.69, 9.17) is 13.9 Å². The maximum Gasteiger partial charge on any atom is 0.322 e. The molecule has 1 N–H and O–H groups in total. The summed E-state index contributed by atoms with van der Waals surface area (Å²) in [4.78, 5) is 12.9. The number of ether oxygens (including phenoxy) is 2. The maximum absolute atomic E-state index is 12.9. The molecule has 1 saturated heterocycles. The number of aromatic nitrogens is 2. The van der Waals surface area contributed by atoms with E-state index < -0.39 is 10.0 Å². The zero-order valence-corrected chi connectivity index (χ0v) is 19.0. The molecule has 1 amide bonds. The molecular weight excluding hydrogens is 448 g/mol. The number of sulfonamides is 1. The van der Waals surface area contributed by atoms with Crippen molar-refractivity contribution in [2.45, 2.75) is 17.7 Å². The van der Waals surface area contributed by atoms with Gasteiger partial charge in [0, 0.05) is 19.0 Å². The molecule has 1 aliphatic rings. The first kappa shape index (κ1) is 22.7. The number of nitrogens with zero attached hydrogens (tertiary/aromatic N) is 3. The van der Waals surface area contributed by atoms with Crippen molar-refractivity contribution in [2.75, 3.05) is 32.6 Å². The Morgan fingerprint density at radius 3 is 2.39 bits per heavy atom. The molecule has 2 aromatic carbocycles. The summed E-state index contributed by atoms with van der Waals surface area (Å²) in [6, 6.07) is 13.4. The van der Waals surface area contributed by atoms with Crippen LogP contribution in [0.5, 0.6) is 11.5 Å². The number of para-hydroxylation sites is 1. The number of carbonyl (C=O) groups excluding carboxylic acids is 1. The van der Waals surface area contributed by atoms with Crippen LogP contribution in [0.3, 0.4) is 0 Å². The quantitative estimate of drug-likeness (QED) is 0.557. The summed E-state index contributed by atoms with van der Waals surface area (Å²) >= 11 is 0. The first-order chi connectivity index (χ1) is 15.9. The Labute approximate surface area is 191 Å². The van der Waals surface area contributed by atoms with Gasteiger partial charge in [-0.2, -0.15) is 4.31 Å². The summed E-state index contributed by atoms with van der Waals surface area (Å²) in [6.45, 7) is 0.478. The van der Waals surface area contributed by atoms with Crippen molar-refractivity contribution in [1.29, 1.82) is 0 Å². The predicted octanol–water partition coefficient (Wildman–Crippen LogP) is 2.79. The monoisotopic (exact) mass is 472 g/mol. The van der Waals surface area contributed by atoms with Gasteiger partial charge in [0.25, 0.3) is 5.89 Å². The van der Waals surface area contributed by atoms with Crippen LogP contribution in [-0.4, -0.2) is 56.1 Å². The smallest absolute Gasteiger partial charge is 0.322 e. The lowest BCUT2D eigenvalue weighted by Crippen LogP contribution is -2.41. The average molecular weight is 473 g/mol. The molecule has 1 aromatic heterocycles. The van der Waals surface area contributed by atoms with Crippen molar-refractivity contribution in [3.05, 3.63) is 48.5 Å². The molecule has 4 rings (SSSR count). The summed E-state index contributed by atoms with van der Waals surface area (Å²) in [6.07, 6.45) is 0.767. The highest BCUT2D eigenvalue weighted by Gasteiger charge is 2.32. The molecule has 0 radical (unpaired) electrons. The van der Waals surface area contributed by atoms with Gasteiger partial charge in [0.05, 0.1) is 24.7 Å². The van der Waals surface area contributed by atoms with Crippen LogP contribution in [0.25, 0.3) is 11.5 Å². The number of carbonyl (C=O) groups is 1. The zero-order valence-electron chi connectivity index (χ0n) is 18.2. The van der Waals surface area contributed by atoms with E-state index in [0.717, 1.165) is 0 Å². The normalized spacial score (nSPS) is 15.2. The Balaban J connectivity index is 1.36. The largest absolute Gasteiger partial charge is 0.497 e. The van der Waals surface area contributed by atoms with E-state index in [2.05, 4.69) is 15.5 Å². The van der Waals surface area contributed by atoms with Crippen LogP contribution in [0.2, 0.25) is 0 Å². The summed E-state index contributed by atoms with van der Waals surface area (Å²) in [7, 11) is -0.574. The van der Waals surface area contributed by atoms with Crippen molar-refractivity contribution >= 4 is 21.9 Å². The van der Waals surface area contributed by atoms with Gasteiger partial charge in [-0.05, 0) is 49.2 Å². The Hall–Kier alpha value is -3.44.